The van der Waals surface area contributed by atoms with Crippen LogP contribution in [0.15, 0.2) is 66.0 Å². The van der Waals surface area contributed by atoms with E-state index >= 15 is 0 Å². The van der Waals surface area contributed by atoms with Crippen LogP contribution >= 0.6 is 11.3 Å². The van der Waals surface area contributed by atoms with E-state index in [0.717, 1.165) is 40.4 Å². The number of fused-ring (bicyclic) bond motifs is 1. The quantitative estimate of drug-likeness (QED) is 0.432. The van der Waals surface area contributed by atoms with Crippen molar-refractivity contribution in [2.24, 2.45) is 0 Å². The van der Waals surface area contributed by atoms with Crippen LogP contribution in [-0.4, -0.2) is 48.7 Å². The van der Waals surface area contributed by atoms with Gasteiger partial charge in [-0.2, -0.15) is 0 Å². The lowest BCUT2D eigenvalue weighted by Gasteiger charge is -2.36. The van der Waals surface area contributed by atoms with Crippen LogP contribution in [0.1, 0.15) is 21.6 Å². The number of para-hydroxylation sites is 2. The van der Waals surface area contributed by atoms with Crippen LogP contribution in [-0.2, 0) is 6.54 Å². The van der Waals surface area contributed by atoms with Gasteiger partial charge in [0, 0.05) is 38.1 Å². The van der Waals surface area contributed by atoms with Crippen molar-refractivity contribution < 1.29 is 9.53 Å². The summed E-state index contributed by atoms with van der Waals surface area (Å²) in [7, 11) is 1.70. The summed E-state index contributed by atoms with van der Waals surface area (Å²) < 4.78 is 7.70. The molecule has 1 fully saturated rings. The first kappa shape index (κ1) is 20.6. The normalized spacial score (nSPS) is 14.2. The van der Waals surface area contributed by atoms with Gasteiger partial charge in [-0.15, -0.1) is 11.3 Å². The van der Waals surface area contributed by atoms with Gasteiger partial charge in [0.05, 0.1) is 12.8 Å². The molecule has 1 amide bonds. The molecule has 0 saturated carbocycles. The van der Waals surface area contributed by atoms with Gasteiger partial charge in [0.1, 0.15) is 16.3 Å². The average molecular weight is 446 g/mol. The van der Waals surface area contributed by atoms with Gasteiger partial charge in [-0.25, -0.2) is 0 Å². The number of benzene rings is 2. The topological polar surface area (TPSA) is 37.7 Å². The number of hydrogen-bond acceptors (Lipinski definition) is 4. The third-order valence-electron chi connectivity index (χ3n) is 6.18. The Morgan fingerprint density at radius 2 is 1.75 bits per heavy atom. The number of rotatable bonds is 5. The van der Waals surface area contributed by atoms with Crippen LogP contribution in [0.2, 0.25) is 0 Å². The number of methoxy groups -OCH3 is 1. The lowest BCUT2D eigenvalue weighted by molar-refractivity contribution is 0.0737. The fourth-order valence-corrected chi connectivity index (χ4v) is 5.29. The Hall–Kier alpha value is -3.25. The molecule has 1 aliphatic heterocycles. The number of aromatic nitrogens is 1. The highest BCUT2D eigenvalue weighted by Gasteiger charge is 2.26. The van der Waals surface area contributed by atoms with Crippen molar-refractivity contribution in [3.8, 4) is 5.75 Å². The lowest BCUT2D eigenvalue weighted by atomic mass is 10.1. The second-order valence-corrected chi connectivity index (χ2v) is 9.13. The van der Waals surface area contributed by atoms with E-state index in [1.807, 2.05) is 23.1 Å². The zero-order valence-corrected chi connectivity index (χ0v) is 19.3. The fraction of sp³-hybridized carbons (Fsp3) is 0.269. The molecule has 0 radical (unpaired) electrons. The third kappa shape index (κ3) is 3.86. The molecule has 0 unspecified atom stereocenters. The Kier molecular flexibility index (Phi) is 5.62. The van der Waals surface area contributed by atoms with Gasteiger partial charge in [-0.3, -0.25) is 4.79 Å². The SMILES string of the molecule is COc1ccccc1N1CCN(C(=O)c2cc3ccsc3n2Cc2ccc(C)cc2)CC1. The maximum absolute atomic E-state index is 13.6. The maximum atomic E-state index is 13.6. The fourth-order valence-electron chi connectivity index (χ4n) is 4.39. The van der Waals surface area contributed by atoms with E-state index in [1.165, 1.54) is 11.1 Å². The van der Waals surface area contributed by atoms with Crippen molar-refractivity contribution >= 4 is 33.1 Å². The van der Waals surface area contributed by atoms with E-state index in [4.69, 9.17) is 4.74 Å². The van der Waals surface area contributed by atoms with Gasteiger partial charge >= 0.3 is 0 Å². The summed E-state index contributed by atoms with van der Waals surface area (Å²) in [6, 6.07) is 20.8. The van der Waals surface area contributed by atoms with Crippen LogP contribution in [0.25, 0.3) is 10.2 Å². The van der Waals surface area contributed by atoms with Crippen molar-refractivity contribution in [2.75, 3.05) is 38.2 Å². The molecule has 0 atom stereocenters. The van der Waals surface area contributed by atoms with Gasteiger partial charge in [-0.1, -0.05) is 42.0 Å². The van der Waals surface area contributed by atoms with Crippen LogP contribution in [0.5, 0.6) is 5.75 Å². The molecule has 6 heteroatoms. The monoisotopic (exact) mass is 445 g/mol. The molecule has 4 aromatic rings. The van der Waals surface area contributed by atoms with Crippen molar-refractivity contribution in [2.45, 2.75) is 13.5 Å². The van der Waals surface area contributed by atoms with Crippen LogP contribution < -0.4 is 9.64 Å². The van der Waals surface area contributed by atoms with Crippen molar-refractivity contribution in [1.82, 2.24) is 9.47 Å². The predicted octanol–water partition coefficient (Wildman–Crippen LogP) is 5.03. The van der Waals surface area contributed by atoms with E-state index in [2.05, 4.69) is 64.2 Å². The summed E-state index contributed by atoms with van der Waals surface area (Å²) in [5, 5.41) is 3.23. The van der Waals surface area contributed by atoms with Crippen molar-refractivity contribution in [3.63, 3.8) is 0 Å². The second-order valence-electron chi connectivity index (χ2n) is 8.23. The standard InChI is InChI=1S/C26H27N3O2S/c1-19-7-9-20(10-8-19)18-29-23(17-21-11-16-32-26(21)29)25(30)28-14-12-27(13-15-28)22-5-3-4-6-24(22)31-2/h3-11,16-17H,12-15,18H2,1-2H3. The smallest absolute Gasteiger partial charge is 0.270 e. The molecule has 5 rings (SSSR count). The first-order chi connectivity index (χ1) is 15.6. The Morgan fingerprint density at radius 1 is 1.00 bits per heavy atom. The number of carbonyl (C=O) groups excluding carboxylic acids is 1. The summed E-state index contributed by atoms with van der Waals surface area (Å²) in [6.45, 7) is 5.77. The summed E-state index contributed by atoms with van der Waals surface area (Å²) in [4.78, 5) is 19.0. The van der Waals surface area contributed by atoms with Crippen LogP contribution in [0, 0.1) is 6.92 Å². The van der Waals surface area contributed by atoms with Gasteiger partial charge in [0.15, 0.2) is 0 Å². The molecule has 1 saturated heterocycles. The van der Waals surface area contributed by atoms with Crippen molar-refractivity contribution in [1.29, 1.82) is 0 Å². The molecule has 2 aromatic carbocycles. The molecule has 5 nitrogen and oxygen atoms in total. The molecule has 0 aliphatic carbocycles. The first-order valence-corrected chi connectivity index (χ1v) is 11.8. The van der Waals surface area contributed by atoms with E-state index < -0.39 is 0 Å². The summed E-state index contributed by atoms with van der Waals surface area (Å²) >= 11 is 1.69. The highest BCUT2D eigenvalue weighted by atomic mass is 32.1. The average Bonchev–Trinajstić information content (AvgIpc) is 3.43. The van der Waals surface area contributed by atoms with E-state index in [-0.39, 0.29) is 5.91 Å². The van der Waals surface area contributed by atoms with Gasteiger partial charge < -0.3 is 19.1 Å². The third-order valence-corrected chi connectivity index (χ3v) is 7.13. The zero-order valence-electron chi connectivity index (χ0n) is 18.5. The Labute approximate surface area is 192 Å². The Morgan fingerprint density at radius 3 is 2.50 bits per heavy atom. The molecule has 0 N–H and O–H groups in total. The molecular formula is C26H27N3O2S. The number of amides is 1. The van der Waals surface area contributed by atoms with E-state index in [0.29, 0.717) is 19.6 Å². The molecule has 0 bridgehead atoms. The van der Waals surface area contributed by atoms with E-state index in [9.17, 15) is 4.79 Å². The number of thiophene rings is 1. The first-order valence-electron chi connectivity index (χ1n) is 10.9. The highest BCUT2D eigenvalue weighted by Crippen LogP contribution is 2.30. The summed E-state index contributed by atoms with van der Waals surface area (Å²) in [5.74, 6) is 0.986. The molecule has 1 aliphatic rings. The highest BCUT2D eigenvalue weighted by molar-refractivity contribution is 7.16. The van der Waals surface area contributed by atoms with Crippen molar-refractivity contribution in [3.05, 3.63) is 82.9 Å². The Bertz CT molecular complexity index is 1230. The molecule has 32 heavy (non-hydrogen) atoms. The molecule has 164 valence electrons. The van der Waals surface area contributed by atoms with Crippen LogP contribution in [0.4, 0.5) is 5.69 Å². The number of anilines is 1. The number of ether oxygens (including phenoxy) is 1. The molecule has 0 spiro atoms. The molecule has 2 aromatic heterocycles. The maximum Gasteiger partial charge on any atom is 0.270 e. The summed E-state index contributed by atoms with van der Waals surface area (Å²) in [6.07, 6.45) is 0. The number of piperazine rings is 1. The van der Waals surface area contributed by atoms with Gasteiger partial charge in [0.2, 0.25) is 0 Å². The minimum atomic E-state index is 0.111. The molecular weight excluding hydrogens is 418 g/mol. The minimum absolute atomic E-state index is 0.111. The largest absolute Gasteiger partial charge is 0.495 e. The van der Waals surface area contributed by atoms with Gasteiger partial charge in [0.25, 0.3) is 5.91 Å². The number of nitrogens with zero attached hydrogens (tertiary/aromatic N) is 3. The summed E-state index contributed by atoms with van der Waals surface area (Å²) in [5.41, 5.74) is 4.31. The van der Waals surface area contributed by atoms with Gasteiger partial charge in [-0.05, 0) is 42.1 Å². The zero-order chi connectivity index (χ0) is 22.1. The van der Waals surface area contributed by atoms with E-state index in [1.54, 1.807) is 18.4 Å². The lowest BCUT2D eigenvalue weighted by Crippen LogP contribution is -2.49. The number of hydrogen-bond donors (Lipinski definition) is 0. The number of aryl methyl sites for hydroxylation is 1. The van der Waals surface area contributed by atoms with Crippen LogP contribution in [0.3, 0.4) is 0 Å². The molecule has 3 heterocycles. The number of carbonyl (C=O) groups is 1. The minimum Gasteiger partial charge on any atom is -0.495 e. The predicted molar refractivity (Wildman–Crippen MR) is 131 cm³/mol. The second kappa shape index (κ2) is 8.71. The Balaban J connectivity index is 1.36.